The lowest BCUT2D eigenvalue weighted by Gasteiger charge is -2.03. The minimum atomic E-state index is -0.462. The van der Waals surface area contributed by atoms with Gasteiger partial charge in [0.05, 0.1) is 17.6 Å². The van der Waals surface area contributed by atoms with Crippen molar-refractivity contribution < 1.29 is 13.9 Å². The summed E-state index contributed by atoms with van der Waals surface area (Å²) in [5, 5.41) is 9.00. The molecule has 0 amide bonds. The van der Waals surface area contributed by atoms with E-state index in [1.54, 1.807) is 6.92 Å². The molecule has 3 heterocycles. The van der Waals surface area contributed by atoms with Gasteiger partial charge in [0.25, 0.3) is 0 Å². The molecule has 0 aliphatic rings. The summed E-state index contributed by atoms with van der Waals surface area (Å²) < 4.78 is 13.9. The van der Waals surface area contributed by atoms with E-state index < -0.39 is 5.97 Å². The van der Waals surface area contributed by atoms with E-state index >= 15 is 0 Å². The van der Waals surface area contributed by atoms with Gasteiger partial charge < -0.3 is 9.15 Å². The summed E-state index contributed by atoms with van der Waals surface area (Å²) in [5.74, 6) is 0.939. The second kappa shape index (κ2) is 7.23. The number of carbonyl (C=O) groups is 1. The molecule has 0 aliphatic heterocycles. The van der Waals surface area contributed by atoms with Crippen LogP contribution in [0.4, 0.5) is 0 Å². The molecule has 146 valence electrons. The fraction of sp³-hybridized carbons (Fsp3) is 0.150. The number of carbonyl (C=O) groups excluding carboxylic acids is 1. The van der Waals surface area contributed by atoms with E-state index in [2.05, 4.69) is 31.1 Å². The topological polar surface area (TPSA) is 85.4 Å². The largest absolute Gasteiger partial charge is 0.460 e. The Bertz CT molecular complexity index is 1370. The minimum Gasteiger partial charge on any atom is -0.460 e. The van der Waals surface area contributed by atoms with Gasteiger partial charge in [-0.25, -0.2) is 14.9 Å². The molecule has 5 rings (SSSR count). The molecule has 3 aromatic heterocycles. The number of imidazole rings is 1. The number of benzene rings is 2. The van der Waals surface area contributed by atoms with Crippen LogP contribution >= 0.6 is 27.7 Å². The van der Waals surface area contributed by atoms with Crippen LogP contribution in [0.3, 0.4) is 0 Å². The molecule has 9 heteroatoms. The smallest absolute Gasteiger partial charge is 0.374 e. The summed E-state index contributed by atoms with van der Waals surface area (Å²) >= 11 is 5.00. The van der Waals surface area contributed by atoms with Crippen molar-refractivity contribution in [3.63, 3.8) is 0 Å². The quantitative estimate of drug-likeness (QED) is 0.281. The van der Waals surface area contributed by atoms with Crippen LogP contribution in [0.15, 0.2) is 56.5 Å². The van der Waals surface area contributed by atoms with Crippen LogP contribution in [-0.4, -0.2) is 32.2 Å². The average Bonchev–Trinajstić information content (AvgIpc) is 3.38. The number of para-hydroxylation sites is 2. The molecule has 29 heavy (non-hydrogen) atoms. The number of halogens is 1. The van der Waals surface area contributed by atoms with Crippen molar-refractivity contribution in [2.24, 2.45) is 0 Å². The average molecular weight is 471 g/mol. The number of esters is 1. The van der Waals surface area contributed by atoms with Crippen LogP contribution in [0, 0.1) is 0 Å². The molecular weight excluding hydrogens is 456 g/mol. The van der Waals surface area contributed by atoms with Crippen molar-refractivity contribution in [3.05, 3.63) is 58.3 Å². The zero-order valence-corrected chi connectivity index (χ0v) is 17.7. The number of nitrogens with one attached hydrogen (secondary N) is 1. The molecule has 0 spiro atoms. The Kier molecular flexibility index (Phi) is 4.56. The standard InChI is InChI=1S/C20H15BrN4O3S/c1-2-27-18(26)17-13(12-9-11(21)7-8-16(12)28-17)10-29-20-24-23-19-22-14-5-3-4-6-15(14)25(19)20/h3-9H,2,10H2,1H3,(H,22,23). The highest BCUT2D eigenvalue weighted by atomic mass is 79.9. The third-order valence-corrected chi connectivity index (χ3v) is 6.02. The highest BCUT2D eigenvalue weighted by molar-refractivity contribution is 9.10. The number of nitrogens with zero attached hydrogens (tertiary/aromatic N) is 3. The van der Waals surface area contributed by atoms with Crippen molar-refractivity contribution in [1.29, 1.82) is 0 Å². The van der Waals surface area contributed by atoms with Crippen molar-refractivity contribution in [2.45, 2.75) is 17.8 Å². The van der Waals surface area contributed by atoms with E-state index in [-0.39, 0.29) is 12.4 Å². The number of ether oxygens (including phenoxy) is 1. The lowest BCUT2D eigenvalue weighted by Crippen LogP contribution is -2.05. The maximum absolute atomic E-state index is 12.5. The number of furan rings is 1. The molecule has 0 radical (unpaired) electrons. The summed E-state index contributed by atoms with van der Waals surface area (Å²) in [7, 11) is 0. The zero-order valence-electron chi connectivity index (χ0n) is 15.3. The number of hydrogen-bond donors (Lipinski definition) is 1. The van der Waals surface area contributed by atoms with Gasteiger partial charge in [-0.2, -0.15) is 0 Å². The first-order valence-electron chi connectivity index (χ1n) is 8.98. The van der Waals surface area contributed by atoms with E-state index in [0.717, 1.165) is 31.6 Å². The Morgan fingerprint density at radius 2 is 2.17 bits per heavy atom. The predicted molar refractivity (Wildman–Crippen MR) is 114 cm³/mol. The van der Waals surface area contributed by atoms with E-state index in [1.165, 1.54) is 11.8 Å². The SMILES string of the molecule is CCOC(=O)c1oc2ccc(Br)cc2c1CSc1n[nH]c2nc3ccccc3n12. The lowest BCUT2D eigenvalue weighted by molar-refractivity contribution is 0.0491. The highest BCUT2D eigenvalue weighted by Crippen LogP contribution is 2.34. The predicted octanol–water partition coefficient (Wildman–Crippen LogP) is 5.19. The van der Waals surface area contributed by atoms with Gasteiger partial charge in [0.2, 0.25) is 11.5 Å². The van der Waals surface area contributed by atoms with Gasteiger partial charge in [-0.05, 0) is 37.3 Å². The number of hydrogen-bond acceptors (Lipinski definition) is 6. The number of H-pyrrole nitrogens is 1. The second-order valence-corrected chi connectivity index (χ2v) is 8.18. The first kappa shape index (κ1) is 18.3. The number of thioether (sulfide) groups is 1. The van der Waals surface area contributed by atoms with E-state index in [9.17, 15) is 4.79 Å². The van der Waals surface area contributed by atoms with Crippen molar-refractivity contribution in [1.82, 2.24) is 19.6 Å². The lowest BCUT2D eigenvalue weighted by atomic mass is 10.1. The summed E-state index contributed by atoms with van der Waals surface area (Å²) in [6.07, 6.45) is 0. The van der Waals surface area contributed by atoms with Crippen molar-refractivity contribution >= 4 is 61.4 Å². The molecule has 0 saturated carbocycles. The van der Waals surface area contributed by atoms with E-state index in [4.69, 9.17) is 9.15 Å². The molecule has 0 unspecified atom stereocenters. The van der Waals surface area contributed by atoms with E-state index in [0.29, 0.717) is 17.1 Å². The molecule has 2 aromatic carbocycles. The van der Waals surface area contributed by atoms with Crippen LogP contribution < -0.4 is 0 Å². The maximum Gasteiger partial charge on any atom is 0.374 e. The number of fused-ring (bicyclic) bond motifs is 4. The third kappa shape index (κ3) is 3.10. The zero-order chi connectivity index (χ0) is 20.0. The number of aromatic nitrogens is 4. The molecule has 0 saturated heterocycles. The minimum absolute atomic E-state index is 0.231. The van der Waals surface area contributed by atoms with Crippen molar-refractivity contribution in [2.75, 3.05) is 6.61 Å². The van der Waals surface area contributed by atoms with Gasteiger partial charge in [0.1, 0.15) is 5.58 Å². The Balaban J connectivity index is 1.56. The van der Waals surface area contributed by atoms with Gasteiger partial charge in [0.15, 0.2) is 5.16 Å². The van der Waals surface area contributed by atoms with Crippen LogP contribution in [0.1, 0.15) is 23.0 Å². The summed E-state index contributed by atoms with van der Waals surface area (Å²) in [6, 6.07) is 13.6. The first-order chi connectivity index (χ1) is 14.2. The Hall–Kier alpha value is -2.78. The maximum atomic E-state index is 12.5. The fourth-order valence-corrected chi connectivity index (χ4v) is 4.65. The Labute approximate surface area is 177 Å². The summed E-state index contributed by atoms with van der Waals surface area (Å²) in [5.41, 5.74) is 3.30. The molecule has 0 fully saturated rings. The number of aromatic amines is 1. The normalized spacial score (nSPS) is 11.7. The Morgan fingerprint density at radius 3 is 3.03 bits per heavy atom. The monoisotopic (exact) mass is 470 g/mol. The van der Waals surface area contributed by atoms with Gasteiger partial charge in [-0.1, -0.05) is 39.8 Å². The summed E-state index contributed by atoms with van der Waals surface area (Å²) in [6.45, 7) is 2.06. The van der Waals surface area contributed by atoms with Gasteiger partial charge in [-0.15, -0.1) is 5.10 Å². The second-order valence-electron chi connectivity index (χ2n) is 6.33. The highest BCUT2D eigenvalue weighted by Gasteiger charge is 2.23. The molecule has 7 nitrogen and oxygen atoms in total. The van der Waals surface area contributed by atoms with E-state index in [1.807, 2.05) is 46.9 Å². The third-order valence-electron chi connectivity index (χ3n) is 4.56. The molecule has 0 atom stereocenters. The fourth-order valence-electron chi connectivity index (χ4n) is 3.30. The van der Waals surface area contributed by atoms with Crippen LogP contribution in [0.25, 0.3) is 27.8 Å². The van der Waals surface area contributed by atoms with Crippen molar-refractivity contribution in [3.8, 4) is 0 Å². The van der Waals surface area contributed by atoms with Gasteiger partial charge >= 0.3 is 5.97 Å². The molecule has 0 bridgehead atoms. The first-order valence-corrected chi connectivity index (χ1v) is 10.8. The Morgan fingerprint density at radius 1 is 1.31 bits per heavy atom. The van der Waals surface area contributed by atoms with Gasteiger partial charge in [-0.3, -0.25) is 4.40 Å². The molecular formula is C20H15BrN4O3S. The molecule has 0 aliphatic carbocycles. The summed E-state index contributed by atoms with van der Waals surface area (Å²) in [4.78, 5) is 17.0. The molecule has 1 N–H and O–H groups in total. The van der Waals surface area contributed by atoms with Crippen LogP contribution in [-0.2, 0) is 10.5 Å². The van der Waals surface area contributed by atoms with Crippen LogP contribution in [0.5, 0.6) is 0 Å². The van der Waals surface area contributed by atoms with Gasteiger partial charge in [0, 0.05) is 21.2 Å². The number of rotatable bonds is 5. The van der Waals surface area contributed by atoms with Crippen LogP contribution in [0.2, 0.25) is 0 Å². The molecule has 5 aromatic rings.